The molecule has 1 aliphatic rings. The van der Waals surface area contributed by atoms with Crippen molar-refractivity contribution < 1.29 is 27.4 Å². The lowest BCUT2D eigenvalue weighted by Crippen LogP contribution is -2.42. The van der Waals surface area contributed by atoms with Crippen molar-refractivity contribution in [1.82, 2.24) is 0 Å². The Balaban J connectivity index is 2.27. The highest BCUT2D eigenvalue weighted by Crippen LogP contribution is 2.37. The molecule has 0 radical (unpaired) electrons. The van der Waals surface area contributed by atoms with Gasteiger partial charge in [0.05, 0.1) is 11.3 Å². The zero-order valence-corrected chi connectivity index (χ0v) is 11.8. The molecule has 0 aromatic heterocycles. The molecule has 7 heteroatoms. The van der Waals surface area contributed by atoms with Crippen molar-refractivity contribution in [3.05, 3.63) is 29.8 Å². The molecule has 1 aromatic carbocycles. The van der Waals surface area contributed by atoms with E-state index in [1.807, 2.05) is 0 Å². The van der Waals surface area contributed by atoms with Crippen molar-refractivity contribution in [2.75, 3.05) is 19.1 Å². The van der Waals surface area contributed by atoms with Gasteiger partial charge in [-0.1, -0.05) is 12.1 Å². The van der Waals surface area contributed by atoms with Gasteiger partial charge in [0.1, 0.15) is 5.75 Å². The van der Waals surface area contributed by atoms with Crippen molar-refractivity contribution in [3.63, 3.8) is 0 Å². The van der Waals surface area contributed by atoms with Gasteiger partial charge in [-0.15, -0.1) is 24.8 Å². The fraction of sp³-hybridized carbons (Fsp3) is 0.500. The van der Waals surface area contributed by atoms with Gasteiger partial charge in [0.25, 0.3) is 0 Å². The van der Waals surface area contributed by atoms with Crippen LogP contribution in [0.25, 0.3) is 0 Å². The Morgan fingerprint density at radius 2 is 1.81 bits per heavy atom. The zero-order chi connectivity index (χ0) is 15.5. The maximum Gasteiger partial charge on any atom is 0.573 e. The van der Waals surface area contributed by atoms with Crippen LogP contribution in [0.3, 0.4) is 0 Å². The van der Waals surface area contributed by atoms with Gasteiger partial charge >= 0.3 is 6.36 Å². The third-order valence-electron chi connectivity index (χ3n) is 3.64. The van der Waals surface area contributed by atoms with Gasteiger partial charge in [-0.25, -0.2) is 0 Å². The maximum absolute atomic E-state index is 12.2. The van der Waals surface area contributed by atoms with E-state index in [0.29, 0.717) is 31.6 Å². The minimum absolute atomic E-state index is 0.138. The van der Waals surface area contributed by atoms with E-state index in [0.717, 1.165) is 0 Å². The summed E-state index contributed by atoms with van der Waals surface area (Å²) in [5.74, 6) is -0.593. The molecule has 116 valence electrons. The molecule has 1 aromatic rings. The highest BCUT2D eigenvalue weighted by molar-refractivity contribution is 6.29. The van der Waals surface area contributed by atoms with E-state index >= 15 is 0 Å². The van der Waals surface area contributed by atoms with Crippen molar-refractivity contribution >= 4 is 17.4 Å². The SMILES string of the molecule is O=C(CCl)C1(c2ccc(OC(F)(F)F)cc2)CCOCC1. The molecule has 1 saturated heterocycles. The standard InChI is InChI=1S/C14H14ClF3O3/c15-9-12(19)13(5-7-20-8-6-13)10-1-3-11(4-2-10)21-14(16,17)18/h1-4H,5-9H2. The van der Waals surface area contributed by atoms with Crippen LogP contribution in [0.2, 0.25) is 0 Å². The average molecular weight is 323 g/mol. The summed E-state index contributed by atoms with van der Waals surface area (Å²) in [6.45, 7) is 0.840. The lowest BCUT2D eigenvalue weighted by atomic mass is 9.71. The second kappa shape index (κ2) is 6.23. The number of rotatable bonds is 4. The van der Waals surface area contributed by atoms with Gasteiger partial charge < -0.3 is 9.47 Å². The second-order valence-electron chi connectivity index (χ2n) is 4.82. The van der Waals surface area contributed by atoms with Gasteiger partial charge in [0.2, 0.25) is 0 Å². The summed E-state index contributed by atoms with van der Waals surface area (Å²) in [7, 11) is 0. The molecule has 0 bridgehead atoms. The molecule has 2 rings (SSSR count). The number of Topliss-reactive ketones (excluding diaryl/α,β-unsaturated/α-hetero) is 1. The molecule has 0 saturated carbocycles. The van der Waals surface area contributed by atoms with E-state index in [2.05, 4.69) is 4.74 Å². The van der Waals surface area contributed by atoms with Crippen LogP contribution in [-0.2, 0) is 14.9 Å². The molecule has 0 spiro atoms. The smallest absolute Gasteiger partial charge is 0.406 e. The number of alkyl halides is 4. The van der Waals surface area contributed by atoms with Crippen LogP contribution >= 0.6 is 11.6 Å². The van der Waals surface area contributed by atoms with Crippen LogP contribution in [-0.4, -0.2) is 31.2 Å². The predicted octanol–water partition coefficient (Wildman–Crippen LogP) is 3.44. The second-order valence-corrected chi connectivity index (χ2v) is 5.09. The normalized spacial score (nSPS) is 18.3. The maximum atomic E-state index is 12.2. The van der Waals surface area contributed by atoms with Crippen LogP contribution in [0.1, 0.15) is 18.4 Å². The third kappa shape index (κ3) is 3.68. The summed E-state index contributed by atoms with van der Waals surface area (Å²) in [5, 5.41) is 0. The molecule has 0 unspecified atom stereocenters. The molecule has 3 nitrogen and oxygen atoms in total. The van der Waals surface area contributed by atoms with E-state index < -0.39 is 11.8 Å². The highest BCUT2D eigenvalue weighted by Gasteiger charge is 2.41. The van der Waals surface area contributed by atoms with Crippen LogP contribution < -0.4 is 4.74 Å². The van der Waals surface area contributed by atoms with Crippen LogP contribution in [0.5, 0.6) is 5.75 Å². The highest BCUT2D eigenvalue weighted by atomic mass is 35.5. The summed E-state index contributed by atoms with van der Waals surface area (Å²) in [6, 6.07) is 5.39. The number of hydrogen-bond donors (Lipinski definition) is 0. The van der Waals surface area contributed by atoms with E-state index in [1.165, 1.54) is 24.3 Å². The Kier molecular flexibility index (Phi) is 4.78. The topological polar surface area (TPSA) is 35.5 Å². The van der Waals surface area contributed by atoms with Crippen molar-refractivity contribution in [1.29, 1.82) is 0 Å². The Morgan fingerprint density at radius 3 is 2.29 bits per heavy atom. The van der Waals surface area contributed by atoms with Gasteiger partial charge in [0, 0.05) is 13.2 Å². The first-order valence-corrected chi connectivity index (χ1v) is 6.94. The van der Waals surface area contributed by atoms with Crippen molar-refractivity contribution in [2.45, 2.75) is 24.6 Å². The molecule has 1 fully saturated rings. The van der Waals surface area contributed by atoms with Gasteiger partial charge in [-0.3, -0.25) is 4.79 Å². The number of hydrogen-bond acceptors (Lipinski definition) is 3. The molecular formula is C14H14ClF3O3. The molecule has 0 N–H and O–H groups in total. The van der Waals surface area contributed by atoms with Crippen LogP contribution in [0.15, 0.2) is 24.3 Å². The number of benzene rings is 1. The first kappa shape index (κ1) is 16.1. The molecule has 0 amide bonds. The molecule has 0 atom stereocenters. The van der Waals surface area contributed by atoms with Crippen LogP contribution in [0, 0.1) is 0 Å². The van der Waals surface area contributed by atoms with E-state index in [9.17, 15) is 18.0 Å². The van der Waals surface area contributed by atoms with Crippen molar-refractivity contribution in [3.8, 4) is 5.75 Å². The fourth-order valence-corrected chi connectivity index (χ4v) is 2.81. The molecule has 1 aliphatic heterocycles. The number of ketones is 1. The summed E-state index contributed by atoms with van der Waals surface area (Å²) in [4.78, 5) is 12.2. The third-order valence-corrected chi connectivity index (χ3v) is 3.88. The monoisotopic (exact) mass is 322 g/mol. The summed E-state index contributed by atoms with van der Waals surface area (Å²) < 4.78 is 45.5. The molecule has 1 heterocycles. The predicted molar refractivity (Wildman–Crippen MR) is 70.6 cm³/mol. The fourth-order valence-electron chi connectivity index (χ4n) is 2.55. The van der Waals surface area contributed by atoms with E-state index in [4.69, 9.17) is 16.3 Å². The Labute approximate surface area is 125 Å². The summed E-state index contributed by atoms with van der Waals surface area (Å²) >= 11 is 5.68. The summed E-state index contributed by atoms with van der Waals surface area (Å²) in [5.41, 5.74) is -0.137. The molecular weight excluding hydrogens is 309 g/mol. The Morgan fingerprint density at radius 1 is 1.24 bits per heavy atom. The molecule has 0 aliphatic carbocycles. The first-order chi connectivity index (χ1) is 9.87. The lowest BCUT2D eigenvalue weighted by molar-refractivity contribution is -0.274. The van der Waals surface area contributed by atoms with Gasteiger partial charge in [0.15, 0.2) is 5.78 Å². The minimum atomic E-state index is -4.73. The number of ether oxygens (including phenoxy) is 2. The number of halogens is 4. The van der Waals surface area contributed by atoms with Crippen molar-refractivity contribution in [2.24, 2.45) is 0 Å². The largest absolute Gasteiger partial charge is 0.573 e. The van der Waals surface area contributed by atoms with Gasteiger partial charge in [-0.05, 0) is 30.5 Å². The molecule has 21 heavy (non-hydrogen) atoms. The lowest BCUT2D eigenvalue weighted by Gasteiger charge is -2.36. The quantitative estimate of drug-likeness (QED) is 0.797. The first-order valence-electron chi connectivity index (χ1n) is 6.41. The zero-order valence-electron chi connectivity index (χ0n) is 11.1. The van der Waals surface area contributed by atoms with Crippen LogP contribution in [0.4, 0.5) is 13.2 Å². The number of carbonyl (C=O) groups is 1. The number of carbonyl (C=O) groups excluding carboxylic acids is 1. The average Bonchev–Trinajstić information content (AvgIpc) is 2.46. The summed E-state index contributed by atoms with van der Waals surface area (Å²) in [6.07, 6.45) is -3.79. The Hall–Kier alpha value is -1.27. The Bertz CT molecular complexity index is 493. The van der Waals surface area contributed by atoms with E-state index in [-0.39, 0.29) is 17.4 Å². The van der Waals surface area contributed by atoms with Gasteiger partial charge in [-0.2, -0.15) is 0 Å². The minimum Gasteiger partial charge on any atom is -0.406 e. The van der Waals surface area contributed by atoms with E-state index in [1.54, 1.807) is 0 Å².